The van der Waals surface area contributed by atoms with E-state index in [1.165, 1.54) is 10.6 Å². The molecule has 1 aromatic heterocycles. The van der Waals surface area contributed by atoms with Gasteiger partial charge in [-0.3, -0.25) is 35.0 Å². The Kier molecular flexibility index (Phi) is 2.79. The van der Waals surface area contributed by atoms with E-state index in [0.717, 1.165) is 0 Å². The van der Waals surface area contributed by atoms with E-state index in [2.05, 4.69) is 4.74 Å². The highest BCUT2D eigenvalue weighted by atomic mass is 16.6. The van der Waals surface area contributed by atoms with E-state index >= 15 is 0 Å². The lowest BCUT2D eigenvalue weighted by Crippen LogP contribution is -2.69. The van der Waals surface area contributed by atoms with Crippen molar-refractivity contribution in [2.24, 2.45) is 0 Å². The number of barbiturate groups is 1. The summed E-state index contributed by atoms with van der Waals surface area (Å²) in [6, 6.07) is -1.20. The van der Waals surface area contributed by atoms with E-state index in [1.807, 2.05) is 0 Å². The quantitative estimate of drug-likeness (QED) is 0.235. The number of nitrogens with one attached hydrogen (secondary N) is 4. The molecule has 1 saturated heterocycles. The van der Waals surface area contributed by atoms with Gasteiger partial charge in [-0.1, -0.05) is 0 Å². The van der Waals surface area contributed by atoms with E-state index in [1.54, 1.807) is 9.97 Å². The van der Waals surface area contributed by atoms with E-state index in [9.17, 15) is 34.2 Å². The number of carbonyl (C=O) groups excluding carboxylic acids is 3. The summed E-state index contributed by atoms with van der Waals surface area (Å²) in [5.74, 6) is -8.62. The summed E-state index contributed by atoms with van der Waals surface area (Å²) in [6.07, 6.45) is 0. The number of hydrogen-bond acceptors (Lipinski definition) is 8. The maximum absolute atomic E-state index is 11.4. The lowest BCUT2D eigenvalue weighted by atomic mass is 10.2. The molecule has 2 rings (SSSR count). The molecule has 1 aliphatic rings. The molecule has 0 aromatic carbocycles. The molecule has 1 aromatic rings. The van der Waals surface area contributed by atoms with Crippen LogP contribution in [-0.4, -0.2) is 43.8 Å². The van der Waals surface area contributed by atoms with Gasteiger partial charge >= 0.3 is 29.3 Å². The number of imide groups is 2. The number of aromatic amines is 2. The first-order valence-corrected chi connectivity index (χ1v) is 4.88. The Labute approximate surface area is 107 Å². The zero-order valence-electron chi connectivity index (χ0n) is 9.34. The topological polar surface area (TPSA) is 191 Å². The molecule has 106 valence electrons. The standard InChI is InChI=1S/C8H6N4O8/c13-2-1(3(14)10-6(17)9-2)20-8(19)4(15)11-7(18)12-5(8)16/h19H,(H3,9,10,13,14,17)(H2,11,12,15,16,18). The van der Waals surface area contributed by atoms with Crippen LogP contribution in [0.5, 0.6) is 11.6 Å². The summed E-state index contributed by atoms with van der Waals surface area (Å²) in [5.41, 5.74) is -2.39. The highest BCUT2D eigenvalue weighted by molar-refractivity contribution is 6.20. The zero-order valence-corrected chi connectivity index (χ0v) is 9.34. The van der Waals surface area contributed by atoms with E-state index in [-0.39, 0.29) is 0 Å². The fraction of sp³-hybridized carbons (Fsp3) is 0.125. The molecule has 12 heteroatoms. The van der Waals surface area contributed by atoms with Crippen molar-refractivity contribution in [1.82, 2.24) is 20.6 Å². The van der Waals surface area contributed by atoms with Crippen LogP contribution in [0.3, 0.4) is 0 Å². The van der Waals surface area contributed by atoms with Crippen molar-refractivity contribution in [2.45, 2.75) is 5.79 Å². The van der Waals surface area contributed by atoms with Crippen molar-refractivity contribution in [2.75, 3.05) is 0 Å². The lowest BCUT2D eigenvalue weighted by Gasteiger charge is -2.28. The third-order valence-corrected chi connectivity index (χ3v) is 2.20. The second-order valence-electron chi connectivity index (χ2n) is 3.57. The van der Waals surface area contributed by atoms with Gasteiger partial charge in [-0.2, -0.15) is 0 Å². The third-order valence-electron chi connectivity index (χ3n) is 2.20. The Morgan fingerprint density at radius 3 is 2.00 bits per heavy atom. The summed E-state index contributed by atoms with van der Waals surface area (Å²) >= 11 is 0. The maximum atomic E-state index is 11.4. The molecule has 12 nitrogen and oxygen atoms in total. The predicted octanol–water partition coefficient (Wildman–Crippen LogP) is -3.80. The third kappa shape index (κ3) is 1.99. The van der Waals surface area contributed by atoms with Crippen molar-refractivity contribution < 1.29 is 29.3 Å². The van der Waals surface area contributed by atoms with Gasteiger partial charge < -0.3 is 14.9 Å². The molecule has 0 radical (unpaired) electrons. The van der Waals surface area contributed by atoms with Crippen LogP contribution < -0.4 is 26.6 Å². The number of rotatable bonds is 2. The van der Waals surface area contributed by atoms with Gasteiger partial charge in [0.1, 0.15) is 0 Å². The molecule has 1 aliphatic heterocycles. The SMILES string of the molecule is O=C1NC(=O)C(O)(Oc2c(O)[nH]c(=O)[nH]c2=O)C(=O)N1. The molecule has 0 aliphatic carbocycles. The first kappa shape index (κ1) is 13.3. The molecule has 0 atom stereocenters. The Bertz CT molecular complexity index is 711. The van der Waals surface area contributed by atoms with Crippen LogP contribution >= 0.6 is 0 Å². The molecule has 2 heterocycles. The number of aliphatic hydroxyl groups is 1. The number of carbonyl (C=O) groups is 3. The maximum Gasteiger partial charge on any atom is 0.371 e. The molecule has 0 saturated carbocycles. The van der Waals surface area contributed by atoms with Gasteiger partial charge in [0.15, 0.2) is 0 Å². The first-order valence-electron chi connectivity index (χ1n) is 4.88. The van der Waals surface area contributed by atoms with Crippen LogP contribution in [0.15, 0.2) is 9.59 Å². The summed E-state index contributed by atoms with van der Waals surface area (Å²) in [6.45, 7) is 0. The number of amides is 4. The Hall–Kier alpha value is -3.15. The largest absolute Gasteiger partial charge is 0.492 e. The van der Waals surface area contributed by atoms with Crippen molar-refractivity contribution in [3.8, 4) is 11.6 Å². The Morgan fingerprint density at radius 1 is 0.950 bits per heavy atom. The first-order chi connectivity index (χ1) is 9.24. The van der Waals surface area contributed by atoms with Crippen molar-refractivity contribution >= 4 is 17.8 Å². The average Bonchev–Trinajstić information content (AvgIpc) is 2.31. The molecule has 1 fully saturated rings. The van der Waals surface area contributed by atoms with Gasteiger partial charge in [-0.05, 0) is 0 Å². The molecule has 0 spiro atoms. The summed E-state index contributed by atoms with van der Waals surface area (Å²) in [5, 5.41) is 22.1. The molecule has 0 bridgehead atoms. The van der Waals surface area contributed by atoms with Gasteiger partial charge in [0.05, 0.1) is 0 Å². The van der Waals surface area contributed by atoms with Crippen molar-refractivity contribution in [3.05, 3.63) is 20.8 Å². The number of aromatic hydroxyl groups is 1. The number of H-pyrrole nitrogens is 2. The van der Waals surface area contributed by atoms with Gasteiger partial charge in [-0.25, -0.2) is 9.59 Å². The van der Waals surface area contributed by atoms with Crippen LogP contribution in [-0.2, 0) is 9.59 Å². The second kappa shape index (κ2) is 4.20. The zero-order chi connectivity index (χ0) is 15.1. The molecular weight excluding hydrogens is 280 g/mol. The molecule has 6 N–H and O–H groups in total. The number of aromatic nitrogens is 2. The normalized spacial score (nSPS) is 17.4. The van der Waals surface area contributed by atoms with Gasteiger partial charge in [0, 0.05) is 0 Å². The van der Waals surface area contributed by atoms with Crippen LogP contribution in [0, 0.1) is 0 Å². The number of ether oxygens (including phenoxy) is 1. The minimum atomic E-state index is -3.27. The summed E-state index contributed by atoms with van der Waals surface area (Å²) in [4.78, 5) is 59.1. The second-order valence-corrected chi connectivity index (χ2v) is 3.57. The van der Waals surface area contributed by atoms with Crippen LogP contribution in [0.4, 0.5) is 4.79 Å². The van der Waals surface area contributed by atoms with Gasteiger partial charge in [0.25, 0.3) is 5.56 Å². The van der Waals surface area contributed by atoms with Crippen molar-refractivity contribution in [1.29, 1.82) is 0 Å². The van der Waals surface area contributed by atoms with Crippen LogP contribution in [0.2, 0.25) is 0 Å². The molecular formula is C8H6N4O8. The molecule has 20 heavy (non-hydrogen) atoms. The minimum Gasteiger partial charge on any atom is -0.492 e. The summed E-state index contributed by atoms with van der Waals surface area (Å²) < 4.78 is 4.45. The minimum absolute atomic E-state index is 1.08. The van der Waals surface area contributed by atoms with E-state index in [4.69, 9.17) is 0 Å². The van der Waals surface area contributed by atoms with Crippen LogP contribution in [0.25, 0.3) is 0 Å². The Morgan fingerprint density at radius 2 is 1.50 bits per heavy atom. The average molecular weight is 286 g/mol. The fourth-order valence-electron chi connectivity index (χ4n) is 1.31. The lowest BCUT2D eigenvalue weighted by molar-refractivity contribution is -0.186. The Balaban J connectivity index is 2.46. The highest BCUT2D eigenvalue weighted by Crippen LogP contribution is 2.21. The fourth-order valence-corrected chi connectivity index (χ4v) is 1.31. The monoisotopic (exact) mass is 286 g/mol. The van der Waals surface area contributed by atoms with E-state index < -0.39 is 46.5 Å². The highest BCUT2D eigenvalue weighted by Gasteiger charge is 2.53. The van der Waals surface area contributed by atoms with E-state index in [0.29, 0.717) is 0 Å². The summed E-state index contributed by atoms with van der Waals surface area (Å²) in [7, 11) is 0. The molecule has 4 amide bonds. The predicted molar refractivity (Wildman–Crippen MR) is 56.6 cm³/mol. The van der Waals surface area contributed by atoms with Gasteiger partial charge in [-0.15, -0.1) is 0 Å². The molecule has 0 unspecified atom stereocenters. The number of urea groups is 1. The smallest absolute Gasteiger partial charge is 0.371 e. The number of hydrogen-bond donors (Lipinski definition) is 6. The van der Waals surface area contributed by atoms with Gasteiger partial charge in [0.2, 0.25) is 11.6 Å². The van der Waals surface area contributed by atoms with Crippen LogP contribution in [0.1, 0.15) is 0 Å². The van der Waals surface area contributed by atoms with Crippen molar-refractivity contribution in [3.63, 3.8) is 0 Å².